The van der Waals surface area contributed by atoms with Crippen LogP contribution in [0.4, 0.5) is 0 Å². The van der Waals surface area contributed by atoms with Crippen LogP contribution in [0.3, 0.4) is 0 Å². The fourth-order valence-corrected chi connectivity index (χ4v) is 2.88. The van der Waals surface area contributed by atoms with Crippen LogP contribution in [0.25, 0.3) is 0 Å². The Labute approximate surface area is 123 Å². The molecule has 3 nitrogen and oxygen atoms in total. The molecule has 0 heterocycles. The minimum atomic E-state index is -0.211. The molecule has 0 spiro atoms. The number of carbonyl (C=O) groups excluding carboxylic acids is 2. The molecule has 1 rings (SSSR count). The second-order valence-electron chi connectivity index (χ2n) is 7.25. The molecule has 1 fully saturated rings. The van der Waals surface area contributed by atoms with Gasteiger partial charge in [-0.15, -0.1) is 0 Å². The van der Waals surface area contributed by atoms with Crippen molar-refractivity contribution in [2.45, 2.75) is 72.6 Å². The minimum Gasteiger partial charge on any atom is -0.465 e. The van der Waals surface area contributed by atoms with Crippen LogP contribution in [0.1, 0.15) is 72.6 Å². The van der Waals surface area contributed by atoms with E-state index in [0.29, 0.717) is 18.9 Å². The van der Waals surface area contributed by atoms with E-state index in [0.717, 1.165) is 12.8 Å². The zero-order valence-corrected chi connectivity index (χ0v) is 13.5. The molecule has 0 aromatic rings. The average Bonchev–Trinajstić information content (AvgIpc) is 2.42. The van der Waals surface area contributed by atoms with Gasteiger partial charge in [-0.2, -0.15) is 0 Å². The first-order valence-electron chi connectivity index (χ1n) is 8.02. The van der Waals surface area contributed by atoms with E-state index < -0.39 is 0 Å². The zero-order valence-electron chi connectivity index (χ0n) is 13.5. The van der Waals surface area contributed by atoms with Gasteiger partial charge >= 0.3 is 5.97 Å². The van der Waals surface area contributed by atoms with E-state index in [4.69, 9.17) is 4.74 Å². The van der Waals surface area contributed by atoms with E-state index in [1.807, 2.05) is 27.7 Å². The van der Waals surface area contributed by atoms with Gasteiger partial charge < -0.3 is 4.74 Å². The number of esters is 1. The normalized spacial score (nSPS) is 18.6. The molecule has 0 amide bonds. The third kappa shape index (κ3) is 6.06. The highest BCUT2D eigenvalue weighted by Gasteiger charge is 2.31. The van der Waals surface area contributed by atoms with Crippen molar-refractivity contribution in [3.8, 4) is 0 Å². The highest BCUT2D eigenvalue weighted by Crippen LogP contribution is 2.33. The number of ether oxygens (including phenoxy) is 1. The average molecular weight is 282 g/mol. The maximum Gasteiger partial charge on any atom is 0.306 e. The smallest absolute Gasteiger partial charge is 0.306 e. The van der Waals surface area contributed by atoms with Gasteiger partial charge in [0.15, 0.2) is 0 Å². The van der Waals surface area contributed by atoms with Crippen LogP contribution in [0.15, 0.2) is 0 Å². The first-order valence-corrected chi connectivity index (χ1v) is 8.02. The third-order valence-electron chi connectivity index (χ3n) is 4.03. The standard InChI is InChI=1S/C17H30O3/c1-5-15(18)14(13-9-7-6-8-10-13)11-16(19)20-12-17(2,3)4/h13-14H,5-12H2,1-4H3. The molecular weight excluding hydrogens is 252 g/mol. The molecule has 0 bridgehead atoms. The Morgan fingerprint density at radius 2 is 1.75 bits per heavy atom. The monoisotopic (exact) mass is 282 g/mol. The molecule has 1 aliphatic rings. The van der Waals surface area contributed by atoms with Crippen molar-refractivity contribution in [3.05, 3.63) is 0 Å². The molecular formula is C17H30O3. The summed E-state index contributed by atoms with van der Waals surface area (Å²) in [7, 11) is 0. The van der Waals surface area contributed by atoms with Crippen LogP contribution >= 0.6 is 0 Å². The molecule has 20 heavy (non-hydrogen) atoms. The van der Waals surface area contributed by atoms with Gasteiger partial charge in [0.2, 0.25) is 0 Å². The zero-order chi connectivity index (χ0) is 15.2. The van der Waals surface area contributed by atoms with E-state index in [1.54, 1.807) is 0 Å². The summed E-state index contributed by atoms with van der Waals surface area (Å²) >= 11 is 0. The SMILES string of the molecule is CCC(=O)C(CC(=O)OCC(C)(C)C)C1CCCCC1. The van der Waals surface area contributed by atoms with E-state index in [2.05, 4.69) is 0 Å². The summed E-state index contributed by atoms with van der Waals surface area (Å²) in [6, 6.07) is 0. The van der Waals surface area contributed by atoms with Crippen LogP contribution < -0.4 is 0 Å². The Balaban J connectivity index is 2.55. The molecule has 1 saturated carbocycles. The van der Waals surface area contributed by atoms with E-state index in [9.17, 15) is 9.59 Å². The summed E-state index contributed by atoms with van der Waals surface area (Å²) in [4.78, 5) is 24.1. The van der Waals surface area contributed by atoms with Gasteiger partial charge in [-0.1, -0.05) is 47.0 Å². The van der Waals surface area contributed by atoms with Gasteiger partial charge in [0.1, 0.15) is 5.78 Å². The van der Waals surface area contributed by atoms with Crippen molar-refractivity contribution in [2.75, 3.05) is 6.61 Å². The third-order valence-corrected chi connectivity index (χ3v) is 4.03. The number of Topliss-reactive ketones (excluding diaryl/α,β-unsaturated/α-hetero) is 1. The van der Waals surface area contributed by atoms with Crippen LogP contribution in [0.5, 0.6) is 0 Å². The van der Waals surface area contributed by atoms with Gasteiger partial charge in [-0.25, -0.2) is 0 Å². The summed E-state index contributed by atoms with van der Waals surface area (Å²) in [6.45, 7) is 8.42. The van der Waals surface area contributed by atoms with E-state index >= 15 is 0 Å². The number of carbonyl (C=O) groups is 2. The van der Waals surface area contributed by atoms with Crippen molar-refractivity contribution < 1.29 is 14.3 Å². The van der Waals surface area contributed by atoms with Gasteiger partial charge in [-0.3, -0.25) is 9.59 Å². The number of rotatable bonds is 6. The molecule has 116 valence electrons. The number of hydrogen-bond acceptors (Lipinski definition) is 3. The highest BCUT2D eigenvalue weighted by molar-refractivity contribution is 5.85. The second-order valence-corrected chi connectivity index (χ2v) is 7.25. The summed E-state index contributed by atoms with van der Waals surface area (Å²) in [5.41, 5.74) is -0.0231. The molecule has 0 saturated heterocycles. The van der Waals surface area contributed by atoms with Crippen molar-refractivity contribution in [2.24, 2.45) is 17.3 Å². The fourth-order valence-electron chi connectivity index (χ4n) is 2.88. The van der Waals surface area contributed by atoms with Crippen molar-refractivity contribution in [3.63, 3.8) is 0 Å². The lowest BCUT2D eigenvalue weighted by Crippen LogP contribution is -2.29. The van der Waals surface area contributed by atoms with Crippen molar-refractivity contribution in [1.29, 1.82) is 0 Å². The van der Waals surface area contributed by atoms with E-state index in [-0.39, 0.29) is 29.5 Å². The van der Waals surface area contributed by atoms with Crippen LogP contribution in [-0.4, -0.2) is 18.4 Å². The fraction of sp³-hybridized carbons (Fsp3) is 0.882. The first-order chi connectivity index (χ1) is 9.33. The van der Waals surface area contributed by atoms with Gasteiger partial charge in [-0.05, 0) is 24.2 Å². The Bertz CT molecular complexity index is 322. The second kappa shape index (κ2) is 7.80. The van der Waals surface area contributed by atoms with Crippen LogP contribution in [0, 0.1) is 17.3 Å². The maximum atomic E-state index is 12.1. The van der Waals surface area contributed by atoms with Crippen molar-refractivity contribution >= 4 is 11.8 Å². The van der Waals surface area contributed by atoms with Crippen molar-refractivity contribution in [1.82, 2.24) is 0 Å². The summed E-state index contributed by atoms with van der Waals surface area (Å²) in [5.74, 6) is 0.285. The molecule has 0 aromatic carbocycles. The summed E-state index contributed by atoms with van der Waals surface area (Å²) in [5, 5.41) is 0. The first kappa shape index (κ1) is 17.2. The Morgan fingerprint density at radius 3 is 2.25 bits per heavy atom. The lowest BCUT2D eigenvalue weighted by atomic mass is 9.76. The molecule has 1 unspecified atom stereocenters. The molecule has 3 heteroatoms. The molecule has 0 aliphatic heterocycles. The number of ketones is 1. The van der Waals surface area contributed by atoms with Gasteiger partial charge in [0.25, 0.3) is 0 Å². The Kier molecular flexibility index (Phi) is 6.70. The molecule has 0 radical (unpaired) electrons. The van der Waals surface area contributed by atoms with Crippen LogP contribution in [0.2, 0.25) is 0 Å². The minimum absolute atomic E-state index is 0.0231. The highest BCUT2D eigenvalue weighted by atomic mass is 16.5. The molecule has 0 aromatic heterocycles. The molecule has 0 N–H and O–H groups in total. The summed E-state index contributed by atoms with van der Waals surface area (Å²) < 4.78 is 5.33. The van der Waals surface area contributed by atoms with Gasteiger partial charge in [0, 0.05) is 12.3 Å². The number of hydrogen-bond donors (Lipinski definition) is 0. The Hall–Kier alpha value is -0.860. The van der Waals surface area contributed by atoms with Crippen LogP contribution in [-0.2, 0) is 14.3 Å². The molecule has 1 aliphatic carbocycles. The predicted molar refractivity (Wildman–Crippen MR) is 80.4 cm³/mol. The van der Waals surface area contributed by atoms with E-state index in [1.165, 1.54) is 19.3 Å². The largest absolute Gasteiger partial charge is 0.465 e. The molecule has 1 atom stereocenters. The van der Waals surface area contributed by atoms with Gasteiger partial charge in [0.05, 0.1) is 13.0 Å². The lowest BCUT2D eigenvalue weighted by Gasteiger charge is -2.29. The lowest BCUT2D eigenvalue weighted by molar-refractivity contribution is -0.150. The predicted octanol–water partition coefficient (Wildman–Crippen LogP) is 4.14. The maximum absolute atomic E-state index is 12.1. The summed E-state index contributed by atoms with van der Waals surface area (Å²) in [6.07, 6.45) is 6.61. The topological polar surface area (TPSA) is 43.4 Å². The Morgan fingerprint density at radius 1 is 1.15 bits per heavy atom. The quantitative estimate of drug-likeness (QED) is 0.688.